The van der Waals surface area contributed by atoms with E-state index < -0.39 is 0 Å². The molecule has 1 atom stereocenters. The lowest BCUT2D eigenvalue weighted by atomic mass is 10.0. The standard InChI is InChI=1S/C16H22N2O/c1-2-8-18-16(12-15-7-11-19-13-15)4-3-14-5-9-17-10-6-14/h5-7,9-11,13,16,18H,2-4,8,12H2,1H3. The molecule has 0 aromatic carbocycles. The summed E-state index contributed by atoms with van der Waals surface area (Å²) >= 11 is 0. The Bertz CT molecular complexity index is 439. The van der Waals surface area contributed by atoms with Crippen molar-refractivity contribution in [2.75, 3.05) is 6.54 Å². The first-order valence-electron chi connectivity index (χ1n) is 7.02. The fourth-order valence-electron chi connectivity index (χ4n) is 2.21. The summed E-state index contributed by atoms with van der Waals surface area (Å²) < 4.78 is 5.15. The highest BCUT2D eigenvalue weighted by molar-refractivity contribution is 5.11. The van der Waals surface area contributed by atoms with Crippen LogP contribution >= 0.6 is 0 Å². The van der Waals surface area contributed by atoms with Crippen molar-refractivity contribution in [2.24, 2.45) is 0 Å². The van der Waals surface area contributed by atoms with Crippen LogP contribution in [-0.2, 0) is 12.8 Å². The number of nitrogens with zero attached hydrogens (tertiary/aromatic N) is 1. The smallest absolute Gasteiger partial charge is 0.0935 e. The molecule has 0 saturated heterocycles. The number of aryl methyl sites for hydroxylation is 1. The molecule has 1 unspecified atom stereocenters. The Labute approximate surface area is 115 Å². The molecule has 0 bridgehead atoms. The molecule has 0 fully saturated rings. The van der Waals surface area contributed by atoms with Gasteiger partial charge in [0.1, 0.15) is 0 Å². The van der Waals surface area contributed by atoms with Crippen molar-refractivity contribution < 1.29 is 4.42 Å². The molecule has 2 heterocycles. The first-order valence-corrected chi connectivity index (χ1v) is 7.02. The third-order valence-corrected chi connectivity index (χ3v) is 3.28. The van der Waals surface area contributed by atoms with Crippen LogP contribution < -0.4 is 5.32 Å². The Morgan fingerprint density at radius 3 is 2.74 bits per heavy atom. The van der Waals surface area contributed by atoms with Crippen LogP contribution in [0.2, 0.25) is 0 Å². The number of hydrogen-bond acceptors (Lipinski definition) is 3. The van der Waals surface area contributed by atoms with E-state index in [0.717, 1.165) is 32.2 Å². The minimum atomic E-state index is 0.505. The van der Waals surface area contributed by atoms with Gasteiger partial charge in [-0.1, -0.05) is 6.92 Å². The van der Waals surface area contributed by atoms with Gasteiger partial charge in [0.2, 0.25) is 0 Å². The molecular formula is C16H22N2O. The molecule has 0 aliphatic rings. The lowest BCUT2D eigenvalue weighted by molar-refractivity contribution is 0.474. The molecule has 0 aliphatic heterocycles. The van der Waals surface area contributed by atoms with Gasteiger partial charge in [0.25, 0.3) is 0 Å². The van der Waals surface area contributed by atoms with Crippen LogP contribution in [0.25, 0.3) is 0 Å². The van der Waals surface area contributed by atoms with Gasteiger partial charge in [-0.05, 0) is 61.6 Å². The van der Waals surface area contributed by atoms with E-state index in [9.17, 15) is 0 Å². The Morgan fingerprint density at radius 2 is 2.05 bits per heavy atom. The predicted octanol–water partition coefficient (Wildman–Crippen LogP) is 3.22. The average Bonchev–Trinajstić information content (AvgIpc) is 2.96. The van der Waals surface area contributed by atoms with Crippen molar-refractivity contribution >= 4 is 0 Å². The molecular weight excluding hydrogens is 236 g/mol. The van der Waals surface area contributed by atoms with Crippen molar-refractivity contribution in [3.8, 4) is 0 Å². The fraction of sp³-hybridized carbons (Fsp3) is 0.438. The van der Waals surface area contributed by atoms with Gasteiger partial charge in [0, 0.05) is 18.4 Å². The number of nitrogens with one attached hydrogen (secondary N) is 1. The lowest BCUT2D eigenvalue weighted by Gasteiger charge is -2.17. The van der Waals surface area contributed by atoms with Gasteiger partial charge >= 0.3 is 0 Å². The quantitative estimate of drug-likeness (QED) is 0.790. The van der Waals surface area contributed by atoms with Gasteiger partial charge in [-0.15, -0.1) is 0 Å². The van der Waals surface area contributed by atoms with E-state index in [4.69, 9.17) is 4.42 Å². The van der Waals surface area contributed by atoms with Crippen LogP contribution in [0.1, 0.15) is 30.9 Å². The van der Waals surface area contributed by atoms with Gasteiger partial charge < -0.3 is 9.73 Å². The largest absolute Gasteiger partial charge is 0.472 e. The number of furan rings is 1. The topological polar surface area (TPSA) is 38.1 Å². The zero-order chi connectivity index (χ0) is 13.3. The average molecular weight is 258 g/mol. The molecule has 2 rings (SSSR count). The molecule has 0 saturated carbocycles. The van der Waals surface area contributed by atoms with Gasteiger partial charge in [-0.2, -0.15) is 0 Å². The van der Waals surface area contributed by atoms with Crippen LogP contribution in [0.4, 0.5) is 0 Å². The summed E-state index contributed by atoms with van der Waals surface area (Å²) in [5, 5.41) is 3.62. The Balaban J connectivity index is 1.86. The highest BCUT2D eigenvalue weighted by Gasteiger charge is 2.09. The number of aromatic nitrogens is 1. The Hall–Kier alpha value is -1.61. The monoisotopic (exact) mass is 258 g/mol. The summed E-state index contributed by atoms with van der Waals surface area (Å²) in [7, 11) is 0. The summed E-state index contributed by atoms with van der Waals surface area (Å²) in [5.41, 5.74) is 2.62. The highest BCUT2D eigenvalue weighted by Crippen LogP contribution is 2.10. The molecule has 19 heavy (non-hydrogen) atoms. The molecule has 0 radical (unpaired) electrons. The van der Waals surface area contributed by atoms with Crippen LogP contribution in [-0.4, -0.2) is 17.6 Å². The number of pyridine rings is 1. The van der Waals surface area contributed by atoms with Crippen LogP contribution in [0.15, 0.2) is 47.5 Å². The second-order valence-electron chi connectivity index (χ2n) is 4.88. The third-order valence-electron chi connectivity index (χ3n) is 3.28. The molecule has 0 amide bonds. The summed E-state index contributed by atoms with van der Waals surface area (Å²) in [6.07, 6.45) is 11.7. The third kappa shape index (κ3) is 4.87. The molecule has 3 nitrogen and oxygen atoms in total. The van der Waals surface area contributed by atoms with Gasteiger partial charge in [0.05, 0.1) is 12.5 Å². The summed E-state index contributed by atoms with van der Waals surface area (Å²) in [5.74, 6) is 0. The van der Waals surface area contributed by atoms with E-state index in [1.807, 2.05) is 24.7 Å². The molecule has 3 heteroatoms. The van der Waals surface area contributed by atoms with Crippen LogP contribution in [0, 0.1) is 0 Å². The number of hydrogen-bond donors (Lipinski definition) is 1. The van der Waals surface area contributed by atoms with E-state index in [1.54, 1.807) is 6.26 Å². The maximum absolute atomic E-state index is 5.15. The van der Waals surface area contributed by atoms with Gasteiger partial charge in [-0.25, -0.2) is 0 Å². The molecule has 2 aromatic heterocycles. The summed E-state index contributed by atoms with van der Waals surface area (Å²) in [4.78, 5) is 4.05. The maximum Gasteiger partial charge on any atom is 0.0935 e. The Kier molecular flexibility index (Phi) is 5.63. The van der Waals surface area contributed by atoms with Crippen molar-refractivity contribution in [2.45, 2.75) is 38.6 Å². The van der Waals surface area contributed by atoms with Crippen LogP contribution in [0.3, 0.4) is 0 Å². The Morgan fingerprint density at radius 1 is 1.21 bits per heavy atom. The van der Waals surface area contributed by atoms with Gasteiger partial charge in [0.15, 0.2) is 0 Å². The normalized spacial score (nSPS) is 12.5. The second-order valence-corrected chi connectivity index (χ2v) is 4.88. The van der Waals surface area contributed by atoms with Crippen molar-refractivity contribution in [1.82, 2.24) is 10.3 Å². The minimum absolute atomic E-state index is 0.505. The van der Waals surface area contributed by atoms with Crippen molar-refractivity contribution in [1.29, 1.82) is 0 Å². The van der Waals surface area contributed by atoms with Gasteiger partial charge in [-0.3, -0.25) is 4.98 Å². The van der Waals surface area contributed by atoms with E-state index in [2.05, 4.69) is 29.4 Å². The second kappa shape index (κ2) is 7.74. The molecule has 2 aromatic rings. The van der Waals surface area contributed by atoms with E-state index in [1.165, 1.54) is 11.1 Å². The zero-order valence-corrected chi connectivity index (χ0v) is 11.5. The summed E-state index contributed by atoms with van der Waals surface area (Å²) in [6.45, 7) is 3.27. The molecule has 0 aliphatic carbocycles. The minimum Gasteiger partial charge on any atom is -0.472 e. The predicted molar refractivity (Wildman–Crippen MR) is 77.1 cm³/mol. The first kappa shape index (κ1) is 13.8. The molecule has 102 valence electrons. The van der Waals surface area contributed by atoms with Crippen LogP contribution in [0.5, 0.6) is 0 Å². The lowest BCUT2D eigenvalue weighted by Crippen LogP contribution is -2.32. The molecule has 1 N–H and O–H groups in total. The van der Waals surface area contributed by atoms with Crippen molar-refractivity contribution in [3.63, 3.8) is 0 Å². The first-order chi connectivity index (χ1) is 9.38. The molecule has 0 spiro atoms. The summed E-state index contributed by atoms with van der Waals surface area (Å²) in [6, 6.07) is 6.74. The maximum atomic E-state index is 5.15. The van der Waals surface area contributed by atoms with E-state index in [0.29, 0.717) is 6.04 Å². The van der Waals surface area contributed by atoms with Crippen molar-refractivity contribution in [3.05, 3.63) is 54.2 Å². The number of rotatable bonds is 8. The van der Waals surface area contributed by atoms with E-state index in [-0.39, 0.29) is 0 Å². The van der Waals surface area contributed by atoms with E-state index >= 15 is 0 Å². The SMILES string of the molecule is CCCNC(CCc1ccncc1)Cc1ccoc1. The fourth-order valence-corrected chi connectivity index (χ4v) is 2.21. The zero-order valence-electron chi connectivity index (χ0n) is 11.5. The highest BCUT2D eigenvalue weighted by atomic mass is 16.3.